The minimum atomic E-state index is -4.42. The number of anilines is 1. The predicted octanol–water partition coefficient (Wildman–Crippen LogP) is 3.47. The van der Waals surface area contributed by atoms with Gasteiger partial charge in [-0.25, -0.2) is 8.42 Å². The molecule has 1 atom stereocenters. The third-order valence-corrected chi connectivity index (χ3v) is 8.72. The van der Waals surface area contributed by atoms with Gasteiger partial charge in [0.15, 0.2) is 11.5 Å². The normalized spacial score (nSPS) is 19.5. The number of alkyl halides is 3. The van der Waals surface area contributed by atoms with E-state index in [1.165, 1.54) is 42.8 Å². The maximum absolute atomic E-state index is 13.3. The Morgan fingerprint density at radius 3 is 2.30 bits per heavy atom. The van der Waals surface area contributed by atoms with Gasteiger partial charge in [0.05, 0.1) is 30.6 Å². The summed E-state index contributed by atoms with van der Waals surface area (Å²) in [5.41, 5.74) is -0.242. The molecule has 0 aromatic heterocycles. The Morgan fingerprint density at radius 2 is 1.65 bits per heavy atom. The molecule has 0 spiro atoms. The lowest BCUT2D eigenvalue weighted by molar-refractivity contribution is -0.137. The molecule has 2 fully saturated rings. The smallest absolute Gasteiger partial charge is 0.416 e. The maximum atomic E-state index is 13.3. The number of methoxy groups -OCH3 is 2. The second kappa shape index (κ2) is 10.8. The van der Waals surface area contributed by atoms with Gasteiger partial charge in [-0.3, -0.25) is 4.79 Å². The van der Waals surface area contributed by atoms with Crippen LogP contribution in [0.5, 0.6) is 11.5 Å². The summed E-state index contributed by atoms with van der Waals surface area (Å²) in [6.45, 7) is 1.88. The van der Waals surface area contributed by atoms with Crippen LogP contribution in [-0.4, -0.2) is 77.0 Å². The highest BCUT2D eigenvalue weighted by Crippen LogP contribution is 2.33. The van der Waals surface area contributed by atoms with E-state index in [0.717, 1.165) is 12.1 Å². The summed E-state index contributed by atoms with van der Waals surface area (Å²) >= 11 is 0. The predicted molar refractivity (Wildman–Crippen MR) is 131 cm³/mol. The first-order chi connectivity index (χ1) is 17.5. The van der Waals surface area contributed by atoms with Gasteiger partial charge < -0.3 is 19.3 Å². The van der Waals surface area contributed by atoms with Gasteiger partial charge in [0.2, 0.25) is 15.9 Å². The second-order valence-corrected chi connectivity index (χ2v) is 11.0. The van der Waals surface area contributed by atoms with Gasteiger partial charge >= 0.3 is 6.18 Å². The molecule has 0 unspecified atom stereocenters. The maximum Gasteiger partial charge on any atom is 0.416 e. The van der Waals surface area contributed by atoms with Gasteiger partial charge in [-0.05, 0) is 43.2 Å². The molecule has 4 rings (SSSR count). The van der Waals surface area contributed by atoms with E-state index in [1.807, 2.05) is 4.90 Å². The van der Waals surface area contributed by atoms with Crippen LogP contribution in [0.2, 0.25) is 0 Å². The Balaban J connectivity index is 1.40. The van der Waals surface area contributed by atoms with Crippen molar-refractivity contribution in [3.8, 4) is 11.5 Å². The van der Waals surface area contributed by atoms with Crippen LogP contribution in [0.1, 0.15) is 18.4 Å². The first-order valence-electron chi connectivity index (χ1n) is 12.0. The number of halogens is 3. The molecule has 2 aromatic rings. The number of sulfonamides is 1. The minimum Gasteiger partial charge on any atom is -0.493 e. The minimum absolute atomic E-state index is 0.0629. The lowest BCUT2D eigenvalue weighted by Gasteiger charge is -2.39. The summed E-state index contributed by atoms with van der Waals surface area (Å²) in [6.07, 6.45) is -3.30. The first-order valence-corrected chi connectivity index (χ1v) is 13.4. The van der Waals surface area contributed by atoms with Crippen molar-refractivity contribution in [1.82, 2.24) is 9.21 Å². The fraction of sp³-hybridized carbons (Fsp3) is 0.480. The van der Waals surface area contributed by atoms with Gasteiger partial charge in [0.25, 0.3) is 0 Å². The molecular formula is C25H30F3N3O5S. The molecule has 0 radical (unpaired) electrons. The molecule has 12 heteroatoms. The fourth-order valence-corrected chi connectivity index (χ4v) is 6.35. The molecule has 1 amide bonds. The molecule has 37 heavy (non-hydrogen) atoms. The van der Waals surface area contributed by atoms with E-state index in [2.05, 4.69) is 0 Å². The van der Waals surface area contributed by atoms with Gasteiger partial charge in [0.1, 0.15) is 0 Å². The lowest BCUT2D eigenvalue weighted by atomic mass is 9.97. The standard InChI is InChI=1S/C25H30F3N3O5S/c1-35-22-9-8-21(16-23(22)36-2)37(33,34)31-10-4-5-18(17-31)24(32)30-13-11-29(12-14-30)20-7-3-6-19(15-20)25(26,27)28/h3,6-9,15-16,18H,4-5,10-14,17H2,1-2H3/t18-/m1/s1. The number of piperidine rings is 1. The number of carbonyl (C=O) groups excluding carboxylic acids is 1. The average molecular weight is 542 g/mol. The second-order valence-electron chi connectivity index (χ2n) is 9.08. The van der Waals surface area contributed by atoms with Crippen LogP contribution in [-0.2, 0) is 21.0 Å². The zero-order valence-corrected chi connectivity index (χ0v) is 21.5. The topological polar surface area (TPSA) is 79.4 Å². The summed E-state index contributed by atoms with van der Waals surface area (Å²) < 4.78 is 77.6. The van der Waals surface area contributed by atoms with E-state index in [-0.39, 0.29) is 17.3 Å². The number of carbonyl (C=O) groups is 1. The molecule has 0 bridgehead atoms. The van der Waals surface area contributed by atoms with Crippen LogP contribution < -0.4 is 14.4 Å². The number of rotatable bonds is 6. The van der Waals surface area contributed by atoms with Crippen molar-refractivity contribution in [1.29, 1.82) is 0 Å². The number of amides is 1. The van der Waals surface area contributed by atoms with Gasteiger partial charge in [0, 0.05) is 51.0 Å². The van der Waals surface area contributed by atoms with Crippen LogP contribution in [0.3, 0.4) is 0 Å². The lowest BCUT2D eigenvalue weighted by Crippen LogP contribution is -2.53. The SMILES string of the molecule is COc1ccc(S(=O)(=O)N2CCC[C@@H](C(=O)N3CCN(c4cccc(C(F)(F)F)c4)CC3)C2)cc1OC. The largest absolute Gasteiger partial charge is 0.493 e. The quantitative estimate of drug-likeness (QED) is 0.558. The monoisotopic (exact) mass is 541 g/mol. The average Bonchev–Trinajstić information content (AvgIpc) is 2.92. The molecule has 2 aliphatic heterocycles. The Kier molecular flexibility index (Phi) is 7.88. The number of ether oxygens (including phenoxy) is 2. The number of nitrogens with zero attached hydrogens (tertiary/aromatic N) is 3. The molecule has 0 aliphatic carbocycles. The molecule has 8 nitrogen and oxygen atoms in total. The Hall–Kier alpha value is -2.99. The highest BCUT2D eigenvalue weighted by Gasteiger charge is 2.36. The molecule has 2 aliphatic rings. The van der Waals surface area contributed by atoms with Crippen molar-refractivity contribution in [2.24, 2.45) is 5.92 Å². The van der Waals surface area contributed by atoms with Gasteiger partial charge in [-0.2, -0.15) is 17.5 Å². The number of hydrogen-bond donors (Lipinski definition) is 0. The summed E-state index contributed by atoms with van der Waals surface area (Å²) in [4.78, 5) is 16.8. The zero-order chi connectivity index (χ0) is 26.8. The first kappa shape index (κ1) is 27.1. The number of benzene rings is 2. The summed E-state index contributed by atoms with van der Waals surface area (Å²) in [5, 5.41) is 0. The van der Waals surface area contributed by atoms with Crippen molar-refractivity contribution >= 4 is 21.6 Å². The van der Waals surface area contributed by atoms with E-state index in [9.17, 15) is 26.4 Å². The van der Waals surface area contributed by atoms with Crippen LogP contribution in [0.25, 0.3) is 0 Å². The number of piperazine rings is 1. The van der Waals surface area contributed by atoms with Crippen LogP contribution in [0, 0.1) is 5.92 Å². The molecular weight excluding hydrogens is 511 g/mol. The van der Waals surface area contributed by atoms with E-state index in [0.29, 0.717) is 62.8 Å². The van der Waals surface area contributed by atoms with Crippen LogP contribution >= 0.6 is 0 Å². The molecule has 2 heterocycles. The van der Waals surface area contributed by atoms with Crippen molar-refractivity contribution in [2.75, 3.05) is 58.4 Å². The Morgan fingerprint density at radius 1 is 0.946 bits per heavy atom. The molecule has 202 valence electrons. The van der Waals surface area contributed by atoms with E-state index < -0.39 is 27.7 Å². The van der Waals surface area contributed by atoms with Crippen molar-refractivity contribution in [2.45, 2.75) is 23.9 Å². The highest BCUT2D eigenvalue weighted by molar-refractivity contribution is 7.89. The third-order valence-electron chi connectivity index (χ3n) is 6.86. The Bertz CT molecular complexity index is 1230. The van der Waals surface area contributed by atoms with E-state index in [4.69, 9.17) is 9.47 Å². The van der Waals surface area contributed by atoms with Crippen molar-refractivity contribution < 1.29 is 35.9 Å². The van der Waals surface area contributed by atoms with Gasteiger partial charge in [-0.15, -0.1) is 0 Å². The van der Waals surface area contributed by atoms with Crippen LogP contribution in [0.4, 0.5) is 18.9 Å². The molecule has 2 aromatic carbocycles. The zero-order valence-electron chi connectivity index (χ0n) is 20.7. The Labute approximate surface area is 214 Å². The highest BCUT2D eigenvalue weighted by atomic mass is 32.2. The number of hydrogen-bond acceptors (Lipinski definition) is 6. The summed E-state index contributed by atoms with van der Waals surface area (Å²) in [6, 6.07) is 9.56. The molecule has 0 saturated carbocycles. The van der Waals surface area contributed by atoms with Crippen molar-refractivity contribution in [3.63, 3.8) is 0 Å². The van der Waals surface area contributed by atoms with Crippen LogP contribution in [0.15, 0.2) is 47.4 Å². The van der Waals surface area contributed by atoms with Gasteiger partial charge in [-0.1, -0.05) is 6.07 Å². The van der Waals surface area contributed by atoms with E-state index >= 15 is 0 Å². The van der Waals surface area contributed by atoms with Crippen molar-refractivity contribution in [3.05, 3.63) is 48.0 Å². The molecule has 2 saturated heterocycles. The molecule has 0 N–H and O–H groups in total. The summed E-state index contributed by atoms with van der Waals surface area (Å²) in [7, 11) is -0.959. The van der Waals surface area contributed by atoms with E-state index in [1.54, 1.807) is 11.0 Å². The summed E-state index contributed by atoms with van der Waals surface area (Å²) in [5.74, 6) is 0.101. The fourth-order valence-electron chi connectivity index (χ4n) is 4.81. The third kappa shape index (κ3) is 5.80.